The fourth-order valence-corrected chi connectivity index (χ4v) is 4.88. The number of benzene rings is 2. The van der Waals surface area contributed by atoms with Crippen LogP contribution in [0.4, 0.5) is 11.4 Å². The van der Waals surface area contributed by atoms with E-state index in [4.69, 9.17) is 0 Å². The van der Waals surface area contributed by atoms with E-state index in [2.05, 4.69) is 4.72 Å². The molecule has 0 bridgehead atoms. The largest absolute Gasteiger partial charge is 0.312 e. The van der Waals surface area contributed by atoms with E-state index in [-0.39, 0.29) is 10.8 Å². The summed E-state index contributed by atoms with van der Waals surface area (Å²) in [6.45, 7) is 2.43. The average molecular weight is 377 g/mol. The van der Waals surface area contributed by atoms with Crippen molar-refractivity contribution in [3.05, 3.63) is 48.0 Å². The molecule has 0 atom stereocenters. The van der Waals surface area contributed by atoms with Crippen molar-refractivity contribution in [1.29, 1.82) is 0 Å². The molecule has 1 aliphatic heterocycles. The Bertz CT molecular complexity index is 910. The molecule has 1 amide bonds. The van der Waals surface area contributed by atoms with Gasteiger partial charge in [0.05, 0.1) is 10.6 Å². The smallest absolute Gasteiger partial charge is 0.262 e. The first-order chi connectivity index (χ1) is 11.9. The molecular formula is C18H20N2O3S2. The van der Waals surface area contributed by atoms with Crippen LogP contribution in [0.15, 0.2) is 52.3 Å². The number of hydrogen-bond donors (Lipinski definition) is 1. The van der Waals surface area contributed by atoms with Crippen molar-refractivity contribution < 1.29 is 13.2 Å². The van der Waals surface area contributed by atoms with Crippen LogP contribution in [0.25, 0.3) is 0 Å². The van der Waals surface area contributed by atoms with Crippen molar-refractivity contribution in [3.63, 3.8) is 0 Å². The highest BCUT2D eigenvalue weighted by Crippen LogP contribution is 2.30. The molecule has 1 N–H and O–H groups in total. The van der Waals surface area contributed by atoms with Crippen molar-refractivity contribution in [3.8, 4) is 0 Å². The Labute approximate surface area is 152 Å². The van der Waals surface area contributed by atoms with Gasteiger partial charge >= 0.3 is 0 Å². The van der Waals surface area contributed by atoms with E-state index in [1.54, 1.807) is 42.2 Å². The summed E-state index contributed by atoms with van der Waals surface area (Å²) < 4.78 is 28.2. The highest BCUT2D eigenvalue weighted by Gasteiger charge is 2.24. The molecule has 1 fully saturated rings. The van der Waals surface area contributed by atoms with Gasteiger partial charge in [0.25, 0.3) is 10.0 Å². The maximum Gasteiger partial charge on any atom is 0.262 e. The Hall–Kier alpha value is -1.99. The van der Waals surface area contributed by atoms with Crippen LogP contribution in [0.1, 0.15) is 18.4 Å². The third-order valence-corrected chi connectivity index (χ3v) is 6.51. The second-order valence-corrected chi connectivity index (χ2v) is 8.40. The third kappa shape index (κ3) is 3.67. The summed E-state index contributed by atoms with van der Waals surface area (Å²) in [7, 11) is -3.70. The predicted octanol–water partition coefficient (Wildman–Crippen LogP) is 3.64. The molecule has 0 aliphatic carbocycles. The lowest BCUT2D eigenvalue weighted by atomic mass is 10.2. The van der Waals surface area contributed by atoms with E-state index in [0.717, 1.165) is 17.0 Å². The number of amides is 1. The van der Waals surface area contributed by atoms with E-state index in [0.29, 0.717) is 24.2 Å². The number of sulfonamides is 1. The molecule has 0 saturated carbocycles. The van der Waals surface area contributed by atoms with Gasteiger partial charge in [0, 0.05) is 23.5 Å². The van der Waals surface area contributed by atoms with Gasteiger partial charge < -0.3 is 4.90 Å². The van der Waals surface area contributed by atoms with Crippen molar-refractivity contribution >= 4 is 39.1 Å². The van der Waals surface area contributed by atoms with Crippen LogP contribution in [0.3, 0.4) is 0 Å². The summed E-state index contributed by atoms with van der Waals surface area (Å²) in [4.78, 5) is 14.7. The Morgan fingerprint density at radius 3 is 2.56 bits per heavy atom. The van der Waals surface area contributed by atoms with Crippen molar-refractivity contribution in [2.45, 2.75) is 29.6 Å². The molecule has 132 valence electrons. The first-order valence-corrected chi connectivity index (χ1v) is 10.7. The lowest BCUT2D eigenvalue weighted by Crippen LogP contribution is -2.24. The molecular weight excluding hydrogens is 356 g/mol. The minimum Gasteiger partial charge on any atom is -0.312 e. The van der Waals surface area contributed by atoms with Crippen molar-refractivity contribution in [2.24, 2.45) is 0 Å². The Balaban J connectivity index is 1.91. The molecule has 3 rings (SSSR count). The van der Waals surface area contributed by atoms with Crippen LogP contribution in [0.2, 0.25) is 0 Å². The van der Waals surface area contributed by atoms with Crippen molar-refractivity contribution in [1.82, 2.24) is 0 Å². The van der Waals surface area contributed by atoms with E-state index in [1.807, 2.05) is 18.4 Å². The number of carbonyl (C=O) groups is 1. The van der Waals surface area contributed by atoms with E-state index >= 15 is 0 Å². The van der Waals surface area contributed by atoms with Gasteiger partial charge in [-0.1, -0.05) is 12.1 Å². The van der Waals surface area contributed by atoms with E-state index in [9.17, 15) is 13.2 Å². The topological polar surface area (TPSA) is 66.5 Å². The lowest BCUT2D eigenvalue weighted by Gasteiger charge is -2.18. The number of nitrogens with zero attached hydrogens (tertiary/aromatic N) is 1. The van der Waals surface area contributed by atoms with Gasteiger partial charge in [0.1, 0.15) is 0 Å². The zero-order chi connectivity index (χ0) is 18.0. The van der Waals surface area contributed by atoms with Crippen LogP contribution in [0, 0.1) is 6.92 Å². The molecule has 0 radical (unpaired) electrons. The SMILES string of the molecule is CSc1ccccc1NS(=O)(=O)c1ccc(N2CCCC2=O)cc1C. The standard InChI is InChI=1S/C18H20N2O3S2/c1-13-12-14(20-11-5-8-18(20)21)9-10-17(13)25(22,23)19-15-6-3-4-7-16(15)24-2/h3-4,6-7,9-10,12,19H,5,8,11H2,1-2H3. The molecule has 7 heteroatoms. The van der Waals surface area contributed by atoms with Crippen LogP contribution < -0.4 is 9.62 Å². The highest BCUT2D eigenvalue weighted by atomic mass is 32.2. The number of rotatable bonds is 5. The Kier molecular flexibility index (Phi) is 5.06. The van der Waals surface area contributed by atoms with Crippen LogP contribution in [-0.4, -0.2) is 27.1 Å². The molecule has 2 aromatic rings. The fraction of sp³-hybridized carbons (Fsp3) is 0.278. The first kappa shape index (κ1) is 17.8. The zero-order valence-corrected chi connectivity index (χ0v) is 15.8. The summed E-state index contributed by atoms with van der Waals surface area (Å²) >= 11 is 1.48. The van der Waals surface area contributed by atoms with E-state index < -0.39 is 10.0 Å². The molecule has 1 heterocycles. The maximum absolute atomic E-state index is 12.8. The number of thioether (sulfide) groups is 1. The third-order valence-electron chi connectivity index (χ3n) is 4.18. The molecule has 0 aromatic heterocycles. The minimum absolute atomic E-state index is 0.0852. The molecule has 0 spiro atoms. The normalized spacial score (nSPS) is 14.8. The number of hydrogen-bond acceptors (Lipinski definition) is 4. The first-order valence-electron chi connectivity index (χ1n) is 7.99. The molecule has 1 aliphatic rings. The van der Waals surface area contributed by atoms with Gasteiger partial charge in [-0.15, -0.1) is 11.8 Å². The highest BCUT2D eigenvalue weighted by molar-refractivity contribution is 7.99. The van der Waals surface area contributed by atoms with Gasteiger partial charge in [-0.05, 0) is 55.5 Å². The predicted molar refractivity (Wildman–Crippen MR) is 102 cm³/mol. The van der Waals surface area contributed by atoms with Gasteiger partial charge in [-0.2, -0.15) is 0 Å². The molecule has 25 heavy (non-hydrogen) atoms. The quantitative estimate of drug-likeness (QED) is 0.809. The molecule has 0 unspecified atom stereocenters. The monoisotopic (exact) mass is 376 g/mol. The lowest BCUT2D eigenvalue weighted by molar-refractivity contribution is -0.117. The zero-order valence-electron chi connectivity index (χ0n) is 14.2. The van der Waals surface area contributed by atoms with Gasteiger partial charge in [0.2, 0.25) is 5.91 Å². The summed E-state index contributed by atoms with van der Waals surface area (Å²) in [5.41, 5.74) is 1.93. The van der Waals surface area contributed by atoms with Gasteiger partial charge in [-0.25, -0.2) is 8.42 Å². The van der Waals surface area contributed by atoms with Crippen LogP contribution in [-0.2, 0) is 14.8 Å². The second-order valence-electron chi connectivity index (χ2n) is 5.90. The number of carbonyl (C=O) groups excluding carboxylic acids is 1. The Morgan fingerprint density at radius 1 is 1.16 bits per heavy atom. The molecule has 5 nitrogen and oxygen atoms in total. The minimum atomic E-state index is -3.70. The fourth-order valence-electron chi connectivity index (χ4n) is 2.95. The summed E-state index contributed by atoms with van der Waals surface area (Å²) in [5.74, 6) is 0.0852. The van der Waals surface area contributed by atoms with Crippen molar-refractivity contribution in [2.75, 3.05) is 22.4 Å². The van der Waals surface area contributed by atoms with E-state index in [1.165, 1.54) is 11.8 Å². The summed E-state index contributed by atoms with van der Waals surface area (Å²) in [6, 6.07) is 12.3. The number of anilines is 2. The Morgan fingerprint density at radius 2 is 1.92 bits per heavy atom. The number of aryl methyl sites for hydroxylation is 1. The second kappa shape index (κ2) is 7.09. The average Bonchev–Trinajstić information content (AvgIpc) is 3.00. The maximum atomic E-state index is 12.8. The molecule has 1 saturated heterocycles. The van der Waals surface area contributed by atoms with Crippen LogP contribution >= 0.6 is 11.8 Å². The summed E-state index contributed by atoms with van der Waals surface area (Å²) in [6.07, 6.45) is 3.29. The van der Waals surface area contributed by atoms with Gasteiger partial charge in [-0.3, -0.25) is 9.52 Å². The number of nitrogens with one attached hydrogen (secondary N) is 1. The number of para-hydroxylation sites is 1. The van der Waals surface area contributed by atoms with Gasteiger partial charge in [0.15, 0.2) is 0 Å². The summed E-state index contributed by atoms with van der Waals surface area (Å²) in [5, 5.41) is 0. The molecule has 2 aromatic carbocycles. The van der Waals surface area contributed by atoms with Crippen LogP contribution in [0.5, 0.6) is 0 Å².